The SMILES string of the molecule is C#CCC(NC(=O)N(CC)CC(=O)OC)C(=O)O. The summed E-state index contributed by atoms with van der Waals surface area (Å²) < 4.78 is 4.42. The van der Waals surface area contributed by atoms with E-state index in [0.717, 1.165) is 4.90 Å². The molecule has 0 aromatic heterocycles. The molecule has 0 saturated heterocycles. The van der Waals surface area contributed by atoms with Crippen LogP contribution in [0.5, 0.6) is 0 Å². The number of terminal acetylenes is 1. The number of methoxy groups -OCH3 is 1. The fraction of sp³-hybridized carbons (Fsp3) is 0.545. The van der Waals surface area contributed by atoms with Gasteiger partial charge in [-0.05, 0) is 6.92 Å². The van der Waals surface area contributed by atoms with E-state index in [9.17, 15) is 14.4 Å². The lowest BCUT2D eigenvalue weighted by Crippen LogP contribution is -2.49. The zero-order valence-electron chi connectivity index (χ0n) is 10.3. The van der Waals surface area contributed by atoms with E-state index >= 15 is 0 Å². The van der Waals surface area contributed by atoms with Crippen molar-refractivity contribution in [3.8, 4) is 12.3 Å². The Morgan fingerprint density at radius 2 is 2.11 bits per heavy atom. The van der Waals surface area contributed by atoms with Gasteiger partial charge in [-0.15, -0.1) is 12.3 Å². The Kier molecular flexibility index (Phi) is 6.96. The number of carbonyl (C=O) groups is 3. The zero-order chi connectivity index (χ0) is 14.1. The summed E-state index contributed by atoms with van der Waals surface area (Å²) in [5.41, 5.74) is 0. The number of ether oxygens (including phenoxy) is 1. The maximum atomic E-state index is 11.7. The molecule has 0 rings (SSSR count). The molecular formula is C11H16N2O5. The number of carboxylic acid groups (broad SMARTS) is 1. The summed E-state index contributed by atoms with van der Waals surface area (Å²) in [6.45, 7) is 1.64. The standard InChI is InChI=1S/C11H16N2O5/c1-4-6-8(10(15)16)12-11(17)13(5-2)7-9(14)18-3/h1,8H,5-7H2,2-3H3,(H,12,17)(H,15,16). The van der Waals surface area contributed by atoms with Crippen molar-refractivity contribution in [3.63, 3.8) is 0 Å². The summed E-state index contributed by atoms with van der Waals surface area (Å²) in [5, 5.41) is 11.1. The average molecular weight is 256 g/mol. The van der Waals surface area contributed by atoms with Crippen LogP contribution in [0.2, 0.25) is 0 Å². The number of carboxylic acids is 1. The summed E-state index contributed by atoms with van der Waals surface area (Å²) in [4.78, 5) is 34.6. The minimum absolute atomic E-state index is 0.128. The van der Waals surface area contributed by atoms with Crippen LogP contribution in [0.3, 0.4) is 0 Å². The van der Waals surface area contributed by atoms with E-state index < -0.39 is 24.0 Å². The molecule has 0 saturated carbocycles. The molecule has 0 bridgehead atoms. The Labute approximate surface area is 105 Å². The van der Waals surface area contributed by atoms with Crippen molar-refractivity contribution in [1.82, 2.24) is 10.2 Å². The highest BCUT2D eigenvalue weighted by molar-refractivity contribution is 5.85. The molecule has 7 heteroatoms. The van der Waals surface area contributed by atoms with Crippen molar-refractivity contribution in [2.75, 3.05) is 20.2 Å². The lowest BCUT2D eigenvalue weighted by Gasteiger charge is -2.22. The van der Waals surface area contributed by atoms with Gasteiger partial charge < -0.3 is 20.1 Å². The summed E-state index contributed by atoms with van der Waals surface area (Å²) >= 11 is 0. The summed E-state index contributed by atoms with van der Waals surface area (Å²) in [7, 11) is 1.20. The predicted molar refractivity (Wildman–Crippen MR) is 62.7 cm³/mol. The Balaban J connectivity index is 4.55. The molecule has 7 nitrogen and oxygen atoms in total. The fourth-order valence-electron chi connectivity index (χ4n) is 1.11. The number of nitrogens with one attached hydrogen (secondary N) is 1. The predicted octanol–water partition coefficient (Wildman–Crippen LogP) is -0.333. The number of hydrogen-bond donors (Lipinski definition) is 2. The second-order valence-corrected chi connectivity index (χ2v) is 3.34. The lowest BCUT2D eigenvalue weighted by molar-refractivity contribution is -0.141. The zero-order valence-corrected chi connectivity index (χ0v) is 10.3. The smallest absolute Gasteiger partial charge is 0.327 e. The number of likely N-dealkylation sites (N-methyl/N-ethyl adjacent to an activating group) is 1. The van der Waals surface area contributed by atoms with E-state index in [-0.39, 0.29) is 19.5 Å². The van der Waals surface area contributed by atoms with E-state index in [4.69, 9.17) is 11.5 Å². The molecule has 1 atom stereocenters. The van der Waals surface area contributed by atoms with Crippen molar-refractivity contribution >= 4 is 18.0 Å². The largest absolute Gasteiger partial charge is 0.480 e. The second-order valence-electron chi connectivity index (χ2n) is 3.34. The van der Waals surface area contributed by atoms with E-state index in [1.807, 2.05) is 0 Å². The third-order valence-electron chi connectivity index (χ3n) is 2.13. The van der Waals surface area contributed by atoms with E-state index in [0.29, 0.717) is 0 Å². The van der Waals surface area contributed by atoms with Crippen molar-refractivity contribution in [2.45, 2.75) is 19.4 Å². The molecule has 0 aliphatic heterocycles. The number of rotatable bonds is 6. The lowest BCUT2D eigenvalue weighted by atomic mass is 10.2. The van der Waals surface area contributed by atoms with Crippen LogP contribution in [-0.2, 0) is 14.3 Å². The first-order chi connectivity index (χ1) is 8.46. The van der Waals surface area contributed by atoms with Crippen molar-refractivity contribution < 1.29 is 24.2 Å². The van der Waals surface area contributed by atoms with E-state index in [2.05, 4.69) is 16.0 Å². The van der Waals surface area contributed by atoms with Crippen LogP contribution < -0.4 is 5.32 Å². The minimum atomic E-state index is -1.23. The highest BCUT2D eigenvalue weighted by Gasteiger charge is 2.23. The van der Waals surface area contributed by atoms with Gasteiger partial charge in [0.1, 0.15) is 12.6 Å². The van der Waals surface area contributed by atoms with Gasteiger partial charge in [-0.1, -0.05) is 0 Å². The molecule has 0 radical (unpaired) electrons. The van der Waals surface area contributed by atoms with Gasteiger partial charge in [0.2, 0.25) is 0 Å². The first-order valence-electron chi connectivity index (χ1n) is 5.24. The molecule has 0 aliphatic carbocycles. The van der Waals surface area contributed by atoms with Gasteiger partial charge in [0, 0.05) is 13.0 Å². The molecule has 2 amide bonds. The van der Waals surface area contributed by atoms with Crippen LogP contribution >= 0.6 is 0 Å². The summed E-state index contributed by atoms with van der Waals surface area (Å²) in [6.07, 6.45) is 4.87. The third-order valence-corrected chi connectivity index (χ3v) is 2.13. The molecule has 2 N–H and O–H groups in total. The molecule has 0 spiro atoms. The van der Waals surface area contributed by atoms with Crippen molar-refractivity contribution in [3.05, 3.63) is 0 Å². The van der Waals surface area contributed by atoms with Crippen molar-refractivity contribution in [2.24, 2.45) is 0 Å². The fourth-order valence-corrected chi connectivity index (χ4v) is 1.11. The Hall–Kier alpha value is -2.23. The van der Waals surface area contributed by atoms with Gasteiger partial charge in [0.25, 0.3) is 0 Å². The van der Waals surface area contributed by atoms with Crippen LogP contribution in [0.1, 0.15) is 13.3 Å². The first-order valence-corrected chi connectivity index (χ1v) is 5.24. The molecular weight excluding hydrogens is 240 g/mol. The second kappa shape index (κ2) is 7.95. The van der Waals surface area contributed by atoms with Crippen molar-refractivity contribution in [1.29, 1.82) is 0 Å². The quantitative estimate of drug-likeness (QED) is 0.501. The number of nitrogens with zero attached hydrogens (tertiary/aromatic N) is 1. The maximum Gasteiger partial charge on any atom is 0.327 e. The highest BCUT2D eigenvalue weighted by atomic mass is 16.5. The molecule has 0 aromatic rings. The summed E-state index contributed by atoms with van der Waals surface area (Å²) in [5.74, 6) is 0.344. The molecule has 1 unspecified atom stereocenters. The first kappa shape index (κ1) is 15.8. The van der Waals surface area contributed by atoms with Gasteiger partial charge >= 0.3 is 18.0 Å². The number of carbonyl (C=O) groups excluding carboxylic acids is 2. The minimum Gasteiger partial charge on any atom is -0.480 e. The Morgan fingerprint density at radius 3 is 2.50 bits per heavy atom. The van der Waals surface area contributed by atoms with Gasteiger partial charge in [0.15, 0.2) is 0 Å². The highest BCUT2D eigenvalue weighted by Crippen LogP contribution is 1.96. The Morgan fingerprint density at radius 1 is 1.50 bits per heavy atom. The van der Waals surface area contributed by atoms with Crippen LogP contribution in [0.4, 0.5) is 4.79 Å². The molecule has 18 heavy (non-hydrogen) atoms. The monoisotopic (exact) mass is 256 g/mol. The number of aliphatic carboxylic acids is 1. The third kappa shape index (κ3) is 5.21. The van der Waals surface area contributed by atoms with Gasteiger partial charge in [-0.3, -0.25) is 4.79 Å². The van der Waals surface area contributed by atoms with Crippen LogP contribution in [0.25, 0.3) is 0 Å². The number of urea groups is 1. The normalized spacial score (nSPS) is 10.9. The van der Waals surface area contributed by atoms with Crippen LogP contribution in [0.15, 0.2) is 0 Å². The van der Waals surface area contributed by atoms with Gasteiger partial charge in [-0.2, -0.15) is 0 Å². The number of amides is 2. The molecule has 100 valence electrons. The van der Waals surface area contributed by atoms with E-state index in [1.165, 1.54) is 7.11 Å². The van der Waals surface area contributed by atoms with E-state index in [1.54, 1.807) is 6.92 Å². The Bertz CT molecular complexity index is 361. The summed E-state index contributed by atoms with van der Waals surface area (Å²) in [6, 6.07) is -1.85. The molecule has 0 heterocycles. The van der Waals surface area contributed by atoms with Crippen LogP contribution in [-0.4, -0.2) is 54.2 Å². The topological polar surface area (TPSA) is 95.9 Å². The molecule has 0 aromatic carbocycles. The maximum absolute atomic E-state index is 11.7. The number of hydrogen-bond acceptors (Lipinski definition) is 4. The van der Waals surface area contributed by atoms with Crippen LogP contribution in [0, 0.1) is 12.3 Å². The average Bonchev–Trinajstić information content (AvgIpc) is 2.34. The van der Waals surface area contributed by atoms with Gasteiger partial charge in [-0.25, -0.2) is 9.59 Å². The van der Waals surface area contributed by atoms with Gasteiger partial charge in [0.05, 0.1) is 7.11 Å². The molecule has 0 aliphatic rings. The number of esters is 1. The molecule has 0 fully saturated rings.